The van der Waals surface area contributed by atoms with E-state index in [1.54, 1.807) is 0 Å². The average molecular weight is 542 g/mol. The minimum atomic E-state index is -1.12. The highest BCUT2D eigenvalue weighted by molar-refractivity contribution is 6.15. The van der Waals surface area contributed by atoms with Crippen LogP contribution in [0.5, 0.6) is 0 Å². The molecule has 4 amide bonds. The molecule has 2 aromatic rings. The van der Waals surface area contributed by atoms with Crippen LogP contribution in [0.1, 0.15) is 45.1 Å². The molecule has 0 saturated carbocycles. The van der Waals surface area contributed by atoms with E-state index in [1.165, 1.54) is 6.08 Å². The van der Waals surface area contributed by atoms with Gasteiger partial charge in [0.1, 0.15) is 17.6 Å². The Balaban J connectivity index is 0.000000780. The number of hydrogen-bond donors (Lipinski definition) is 3. The average Bonchev–Trinajstić information content (AvgIpc) is 3.25. The van der Waals surface area contributed by atoms with Crippen LogP contribution in [-0.2, 0) is 24.0 Å². The van der Waals surface area contributed by atoms with Crippen molar-refractivity contribution < 1.29 is 32.8 Å². The molecule has 208 valence electrons. The maximum atomic E-state index is 13.2. The molecule has 1 heterocycles. The van der Waals surface area contributed by atoms with Gasteiger partial charge in [0.15, 0.2) is 5.78 Å². The molecule has 3 rings (SSSR count). The third-order valence-electron chi connectivity index (χ3n) is 6.09. The SMILES string of the molecule is CCC(CC)C(NC(=O)CCNC(=O)/C=C/c1cc(F)cc(F)c1)C(=O)C1CC(=O)NC1=O.c1ccccc1. The Morgan fingerprint density at radius 3 is 2.03 bits per heavy atom. The van der Waals surface area contributed by atoms with Crippen LogP contribution in [0.15, 0.2) is 60.7 Å². The zero-order valence-corrected chi connectivity index (χ0v) is 21.9. The van der Waals surface area contributed by atoms with Crippen molar-refractivity contribution in [3.8, 4) is 0 Å². The van der Waals surface area contributed by atoms with Gasteiger partial charge in [0.25, 0.3) is 0 Å². The first-order valence-corrected chi connectivity index (χ1v) is 12.7. The fourth-order valence-corrected chi connectivity index (χ4v) is 4.01. The second-order valence-electron chi connectivity index (χ2n) is 8.93. The Hall–Kier alpha value is -4.21. The Bertz CT molecular complexity index is 1140. The molecule has 8 nitrogen and oxygen atoms in total. The van der Waals surface area contributed by atoms with Gasteiger partial charge in [0.05, 0.1) is 6.04 Å². The summed E-state index contributed by atoms with van der Waals surface area (Å²) in [5.74, 6) is -5.63. The van der Waals surface area contributed by atoms with Gasteiger partial charge < -0.3 is 10.6 Å². The molecule has 3 N–H and O–H groups in total. The smallest absolute Gasteiger partial charge is 0.244 e. The van der Waals surface area contributed by atoms with Crippen LogP contribution in [0, 0.1) is 23.5 Å². The van der Waals surface area contributed by atoms with Crippen LogP contribution < -0.4 is 16.0 Å². The zero-order chi connectivity index (χ0) is 28.8. The van der Waals surface area contributed by atoms with Crippen molar-refractivity contribution in [3.63, 3.8) is 0 Å². The molecule has 0 radical (unpaired) electrons. The molecule has 1 aliphatic heterocycles. The number of halogens is 2. The van der Waals surface area contributed by atoms with E-state index in [9.17, 15) is 32.8 Å². The lowest BCUT2D eigenvalue weighted by Gasteiger charge is -2.26. The lowest BCUT2D eigenvalue weighted by molar-refractivity contribution is -0.136. The Morgan fingerprint density at radius 2 is 1.54 bits per heavy atom. The molecule has 1 aliphatic rings. The van der Waals surface area contributed by atoms with Gasteiger partial charge in [-0.15, -0.1) is 0 Å². The number of hydrogen-bond acceptors (Lipinski definition) is 5. The third kappa shape index (κ3) is 10.6. The predicted octanol–water partition coefficient (Wildman–Crippen LogP) is 3.32. The predicted molar refractivity (Wildman–Crippen MR) is 142 cm³/mol. The van der Waals surface area contributed by atoms with Crippen LogP contribution in [0.2, 0.25) is 0 Å². The van der Waals surface area contributed by atoms with Gasteiger partial charge in [-0.05, 0) is 29.7 Å². The fourth-order valence-electron chi connectivity index (χ4n) is 4.01. The summed E-state index contributed by atoms with van der Waals surface area (Å²) in [6.45, 7) is 3.67. The molecule has 1 saturated heterocycles. The first kappa shape index (κ1) is 31.0. The molecular weight excluding hydrogens is 508 g/mol. The van der Waals surface area contributed by atoms with Crippen LogP contribution in [0.3, 0.4) is 0 Å². The summed E-state index contributed by atoms with van der Waals surface area (Å²) in [4.78, 5) is 60.5. The standard InChI is InChI=1S/C23H27F2N3O5.C6H6/c1-3-14(4-2)21(22(32)17-12-20(31)28-23(17)33)27-19(30)7-8-26-18(29)6-5-13-9-15(24)11-16(25)10-13;1-2-4-6-5-3-1/h5-6,9-11,14,17,21H,3-4,7-8,12H2,1-2H3,(H,26,29)(H,27,30)(H,28,31,33);1-6H/b6-5+;. The summed E-state index contributed by atoms with van der Waals surface area (Å²) >= 11 is 0. The van der Waals surface area contributed by atoms with E-state index in [2.05, 4.69) is 16.0 Å². The quantitative estimate of drug-likeness (QED) is 0.229. The fraction of sp³-hybridized carbons (Fsp3) is 0.345. The van der Waals surface area contributed by atoms with Crippen molar-refractivity contribution in [2.24, 2.45) is 11.8 Å². The van der Waals surface area contributed by atoms with Crippen molar-refractivity contribution in [1.82, 2.24) is 16.0 Å². The first-order valence-electron chi connectivity index (χ1n) is 12.7. The molecule has 0 aromatic heterocycles. The largest absolute Gasteiger partial charge is 0.352 e. The highest BCUT2D eigenvalue weighted by Crippen LogP contribution is 2.21. The number of imide groups is 1. The summed E-state index contributed by atoms with van der Waals surface area (Å²) in [5, 5.41) is 7.22. The summed E-state index contributed by atoms with van der Waals surface area (Å²) in [5.41, 5.74) is 0.168. The van der Waals surface area contributed by atoms with Crippen molar-refractivity contribution in [1.29, 1.82) is 0 Å². The molecule has 2 unspecified atom stereocenters. The van der Waals surface area contributed by atoms with Crippen LogP contribution in [0.4, 0.5) is 8.78 Å². The van der Waals surface area contributed by atoms with Crippen molar-refractivity contribution in [2.75, 3.05) is 6.54 Å². The van der Waals surface area contributed by atoms with E-state index in [-0.39, 0.29) is 30.9 Å². The topological polar surface area (TPSA) is 121 Å². The lowest BCUT2D eigenvalue weighted by atomic mass is 9.85. The number of Topliss-reactive ketones (excluding diaryl/α,β-unsaturated/α-hetero) is 1. The number of nitrogens with one attached hydrogen (secondary N) is 3. The minimum Gasteiger partial charge on any atom is -0.352 e. The molecule has 10 heteroatoms. The monoisotopic (exact) mass is 541 g/mol. The first-order chi connectivity index (χ1) is 18.6. The summed E-state index contributed by atoms with van der Waals surface area (Å²) in [7, 11) is 0. The van der Waals surface area contributed by atoms with Gasteiger partial charge in [0, 0.05) is 31.5 Å². The molecule has 0 bridgehead atoms. The van der Waals surface area contributed by atoms with Gasteiger partial charge in [-0.25, -0.2) is 8.78 Å². The van der Waals surface area contributed by atoms with Crippen LogP contribution >= 0.6 is 0 Å². The van der Waals surface area contributed by atoms with Crippen molar-refractivity contribution >= 4 is 35.5 Å². The molecule has 2 aromatic carbocycles. The number of benzene rings is 2. The van der Waals surface area contributed by atoms with E-state index in [4.69, 9.17) is 0 Å². The Morgan fingerprint density at radius 1 is 0.974 bits per heavy atom. The van der Waals surface area contributed by atoms with Gasteiger partial charge >= 0.3 is 0 Å². The Labute approximate surface area is 226 Å². The van der Waals surface area contributed by atoms with Crippen molar-refractivity contribution in [2.45, 2.75) is 45.6 Å². The second-order valence-corrected chi connectivity index (χ2v) is 8.93. The molecule has 2 atom stereocenters. The molecule has 39 heavy (non-hydrogen) atoms. The summed E-state index contributed by atoms with van der Waals surface area (Å²) in [6, 6.07) is 13.9. The zero-order valence-electron chi connectivity index (χ0n) is 21.9. The van der Waals surface area contributed by atoms with E-state index in [0.29, 0.717) is 18.9 Å². The number of carbonyl (C=O) groups excluding carboxylic acids is 5. The maximum Gasteiger partial charge on any atom is 0.244 e. The van der Waals surface area contributed by atoms with E-state index in [1.807, 2.05) is 50.2 Å². The molecule has 1 fully saturated rings. The highest BCUT2D eigenvalue weighted by Gasteiger charge is 2.41. The normalized spacial score (nSPS) is 15.4. The minimum absolute atomic E-state index is 0.0429. The van der Waals surface area contributed by atoms with Gasteiger partial charge in [0.2, 0.25) is 23.6 Å². The third-order valence-corrected chi connectivity index (χ3v) is 6.09. The van der Waals surface area contributed by atoms with Crippen molar-refractivity contribution in [3.05, 3.63) is 77.9 Å². The number of amides is 4. The molecule has 0 spiro atoms. The van der Waals surface area contributed by atoms with E-state index < -0.39 is 53.0 Å². The van der Waals surface area contributed by atoms with Gasteiger partial charge in [-0.2, -0.15) is 0 Å². The number of rotatable bonds is 11. The highest BCUT2D eigenvalue weighted by atomic mass is 19.1. The molecular formula is C29H33F2N3O5. The van der Waals surface area contributed by atoms with Crippen LogP contribution in [0.25, 0.3) is 6.08 Å². The Kier molecular flexibility index (Phi) is 12.6. The van der Waals surface area contributed by atoms with Crippen LogP contribution in [-0.4, -0.2) is 42.0 Å². The molecule has 0 aliphatic carbocycles. The van der Waals surface area contributed by atoms with E-state index >= 15 is 0 Å². The van der Waals surface area contributed by atoms with Gasteiger partial charge in [-0.1, -0.05) is 63.1 Å². The summed E-state index contributed by atoms with van der Waals surface area (Å²) in [6.07, 6.45) is 3.11. The number of carbonyl (C=O) groups is 5. The lowest BCUT2D eigenvalue weighted by Crippen LogP contribution is -2.49. The maximum absolute atomic E-state index is 13.2. The summed E-state index contributed by atoms with van der Waals surface area (Å²) < 4.78 is 26.3. The van der Waals surface area contributed by atoms with E-state index in [0.717, 1.165) is 18.2 Å². The van der Waals surface area contributed by atoms with Gasteiger partial charge in [-0.3, -0.25) is 29.3 Å². The number of ketones is 1. The second kappa shape index (κ2) is 15.9.